The van der Waals surface area contributed by atoms with Gasteiger partial charge in [0, 0.05) is 12.6 Å². The van der Waals surface area contributed by atoms with E-state index in [4.69, 9.17) is 0 Å². The molecule has 1 aliphatic rings. The van der Waals surface area contributed by atoms with Crippen molar-refractivity contribution in [3.8, 4) is 0 Å². The van der Waals surface area contributed by atoms with Gasteiger partial charge in [0.05, 0.1) is 6.54 Å². The number of piperazine rings is 1. The Morgan fingerprint density at radius 2 is 2.10 bits per heavy atom. The van der Waals surface area contributed by atoms with Crippen molar-refractivity contribution in [2.45, 2.75) is 26.3 Å². The summed E-state index contributed by atoms with van der Waals surface area (Å²) in [5.74, 6) is -3.09. The summed E-state index contributed by atoms with van der Waals surface area (Å²) in [6.07, 6.45) is 0.369. The molecule has 21 heavy (non-hydrogen) atoms. The van der Waals surface area contributed by atoms with Crippen molar-refractivity contribution in [1.29, 1.82) is 0 Å². The van der Waals surface area contributed by atoms with Crippen molar-refractivity contribution in [1.82, 2.24) is 10.3 Å². The number of imide groups is 1. The second kappa shape index (κ2) is 6.02. The molecular weight excluding hydrogens is 282 g/mol. The van der Waals surface area contributed by atoms with E-state index in [-0.39, 0.29) is 18.2 Å². The minimum absolute atomic E-state index is 0.109. The van der Waals surface area contributed by atoms with Gasteiger partial charge in [-0.1, -0.05) is 6.92 Å². The highest BCUT2D eigenvalue weighted by atomic mass is 19.1. The molecule has 2 heterocycles. The van der Waals surface area contributed by atoms with Crippen molar-refractivity contribution in [3.05, 3.63) is 17.7 Å². The van der Waals surface area contributed by atoms with E-state index < -0.39 is 29.5 Å². The number of carbonyl (C=O) groups is 2. The third-order valence-corrected chi connectivity index (χ3v) is 3.17. The number of rotatable bonds is 4. The molecule has 0 aliphatic carbocycles. The fourth-order valence-electron chi connectivity index (χ4n) is 2.24. The van der Waals surface area contributed by atoms with Crippen LogP contribution in [0.5, 0.6) is 0 Å². The van der Waals surface area contributed by atoms with Crippen LogP contribution in [-0.4, -0.2) is 35.9 Å². The van der Waals surface area contributed by atoms with Crippen LogP contribution in [-0.2, 0) is 9.59 Å². The Kier molecular flexibility index (Phi) is 4.35. The topological polar surface area (TPSA) is 74.3 Å². The normalized spacial score (nSPS) is 18.7. The first-order valence-corrected chi connectivity index (χ1v) is 6.68. The Labute approximate surface area is 120 Å². The third-order valence-electron chi connectivity index (χ3n) is 3.17. The zero-order valence-corrected chi connectivity index (χ0v) is 11.7. The number of carbonyl (C=O) groups excluding carboxylic acids is 2. The van der Waals surface area contributed by atoms with Gasteiger partial charge in [0.1, 0.15) is 6.04 Å². The van der Waals surface area contributed by atoms with Gasteiger partial charge in [-0.2, -0.15) is 0 Å². The molecule has 0 bridgehead atoms. The zero-order chi connectivity index (χ0) is 15.6. The Morgan fingerprint density at radius 1 is 1.38 bits per heavy atom. The van der Waals surface area contributed by atoms with E-state index in [1.165, 1.54) is 4.90 Å². The number of halogens is 2. The van der Waals surface area contributed by atoms with Gasteiger partial charge >= 0.3 is 0 Å². The maximum Gasteiger partial charge on any atom is 0.249 e. The lowest BCUT2D eigenvalue weighted by Gasteiger charge is -2.34. The number of nitrogens with one attached hydrogen (secondary N) is 2. The van der Waals surface area contributed by atoms with Gasteiger partial charge in [0.2, 0.25) is 11.8 Å². The summed E-state index contributed by atoms with van der Waals surface area (Å²) in [5, 5.41) is 4.86. The van der Waals surface area contributed by atoms with E-state index >= 15 is 0 Å². The highest BCUT2D eigenvalue weighted by molar-refractivity contribution is 6.04. The van der Waals surface area contributed by atoms with Gasteiger partial charge in [0.15, 0.2) is 23.3 Å². The number of aromatic nitrogens is 1. The fraction of sp³-hybridized carbons (Fsp3) is 0.462. The van der Waals surface area contributed by atoms with Gasteiger partial charge in [-0.3, -0.25) is 14.9 Å². The molecule has 1 aromatic heterocycles. The second-order valence-electron chi connectivity index (χ2n) is 4.62. The first-order valence-electron chi connectivity index (χ1n) is 6.68. The molecule has 8 heteroatoms. The summed E-state index contributed by atoms with van der Waals surface area (Å²) in [6.45, 7) is 3.69. The van der Waals surface area contributed by atoms with Gasteiger partial charge in [-0.25, -0.2) is 13.8 Å². The average Bonchev–Trinajstić information content (AvgIpc) is 2.41. The van der Waals surface area contributed by atoms with Crippen LogP contribution in [0, 0.1) is 11.6 Å². The number of anilines is 2. The van der Waals surface area contributed by atoms with E-state index in [9.17, 15) is 18.4 Å². The van der Waals surface area contributed by atoms with Crippen LogP contribution in [0.15, 0.2) is 6.07 Å². The molecule has 0 saturated carbocycles. The molecule has 0 spiro atoms. The minimum Gasteiger partial charge on any atom is -0.368 e. The number of amides is 2. The van der Waals surface area contributed by atoms with Crippen LogP contribution in [0.1, 0.15) is 20.3 Å². The number of nitrogens with zero attached hydrogens (tertiary/aromatic N) is 2. The number of pyridine rings is 1. The minimum atomic E-state index is -0.907. The predicted octanol–water partition coefficient (Wildman–Crippen LogP) is 1.03. The van der Waals surface area contributed by atoms with E-state index in [1.54, 1.807) is 13.8 Å². The molecule has 114 valence electrons. The van der Waals surface area contributed by atoms with E-state index in [2.05, 4.69) is 15.6 Å². The maximum absolute atomic E-state index is 14.0. The largest absolute Gasteiger partial charge is 0.368 e. The molecular formula is C13H16F2N4O2. The Hall–Kier alpha value is -2.25. The van der Waals surface area contributed by atoms with Crippen molar-refractivity contribution in [2.24, 2.45) is 0 Å². The van der Waals surface area contributed by atoms with Gasteiger partial charge in [0.25, 0.3) is 0 Å². The summed E-state index contributed by atoms with van der Waals surface area (Å²) in [5.41, 5.74) is 0. The quantitative estimate of drug-likeness (QED) is 0.812. The molecule has 2 amide bonds. The molecule has 0 aromatic carbocycles. The lowest BCUT2D eigenvalue weighted by atomic mass is 10.1. The van der Waals surface area contributed by atoms with Crippen LogP contribution in [0.25, 0.3) is 0 Å². The summed E-state index contributed by atoms with van der Waals surface area (Å²) in [4.78, 5) is 28.4. The molecule has 1 fully saturated rings. The molecule has 1 aliphatic heterocycles. The molecule has 1 unspecified atom stereocenters. The first-order chi connectivity index (χ1) is 9.97. The number of hydrogen-bond acceptors (Lipinski definition) is 5. The average molecular weight is 298 g/mol. The fourth-order valence-corrected chi connectivity index (χ4v) is 2.24. The predicted molar refractivity (Wildman–Crippen MR) is 72.9 cm³/mol. The number of hydrogen-bond donors (Lipinski definition) is 2. The van der Waals surface area contributed by atoms with Crippen LogP contribution in [0.2, 0.25) is 0 Å². The smallest absolute Gasteiger partial charge is 0.249 e. The molecule has 0 radical (unpaired) electrons. The van der Waals surface area contributed by atoms with Crippen molar-refractivity contribution >= 4 is 23.5 Å². The van der Waals surface area contributed by atoms with Gasteiger partial charge < -0.3 is 10.2 Å². The van der Waals surface area contributed by atoms with Crippen LogP contribution in [0.3, 0.4) is 0 Å². The lowest BCUT2D eigenvalue weighted by Crippen LogP contribution is -2.58. The van der Waals surface area contributed by atoms with Crippen molar-refractivity contribution in [2.75, 3.05) is 23.3 Å². The monoisotopic (exact) mass is 298 g/mol. The Bertz CT molecular complexity index is 580. The molecule has 1 aromatic rings. The summed E-state index contributed by atoms with van der Waals surface area (Å²) >= 11 is 0. The standard InChI is InChI=1S/C13H16F2N4O2/c1-3-9-13(21)17-10(20)6-19(9)12-8(15)5-7(14)11(18-12)16-4-2/h5,9H,3-4,6H2,1-2H3,(H,16,18)(H,17,20,21). The summed E-state index contributed by atoms with van der Waals surface area (Å²) in [7, 11) is 0. The first kappa shape index (κ1) is 15.1. The van der Waals surface area contributed by atoms with Crippen LogP contribution in [0.4, 0.5) is 20.4 Å². The zero-order valence-electron chi connectivity index (χ0n) is 11.7. The molecule has 1 saturated heterocycles. The molecule has 6 nitrogen and oxygen atoms in total. The summed E-state index contributed by atoms with van der Waals surface area (Å²) < 4.78 is 27.6. The van der Waals surface area contributed by atoms with Gasteiger partial charge in [-0.05, 0) is 13.3 Å². The molecule has 2 rings (SSSR count). The van der Waals surface area contributed by atoms with E-state index in [0.717, 1.165) is 0 Å². The van der Waals surface area contributed by atoms with Crippen molar-refractivity contribution < 1.29 is 18.4 Å². The molecule has 2 N–H and O–H groups in total. The second-order valence-corrected chi connectivity index (χ2v) is 4.62. The van der Waals surface area contributed by atoms with Gasteiger partial charge in [-0.15, -0.1) is 0 Å². The van der Waals surface area contributed by atoms with E-state index in [1.807, 2.05) is 0 Å². The van der Waals surface area contributed by atoms with Crippen molar-refractivity contribution in [3.63, 3.8) is 0 Å². The third kappa shape index (κ3) is 2.93. The van der Waals surface area contributed by atoms with E-state index in [0.29, 0.717) is 19.0 Å². The van der Waals surface area contributed by atoms with Crippen LogP contribution >= 0.6 is 0 Å². The van der Waals surface area contributed by atoms with Crippen LogP contribution < -0.4 is 15.5 Å². The molecule has 1 atom stereocenters. The highest BCUT2D eigenvalue weighted by Gasteiger charge is 2.35. The maximum atomic E-state index is 14.0. The lowest BCUT2D eigenvalue weighted by molar-refractivity contribution is -0.132. The highest BCUT2D eigenvalue weighted by Crippen LogP contribution is 2.25. The SMILES string of the molecule is CCNc1nc(N2CC(=O)NC(=O)C2CC)c(F)cc1F. The summed E-state index contributed by atoms with van der Waals surface area (Å²) in [6, 6.07) is -0.0195. The Morgan fingerprint density at radius 3 is 2.71 bits per heavy atom. The Balaban J connectivity index is 2.45.